The van der Waals surface area contributed by atoms with Gasteiger partial charge in [-0.25, -0.2) is 4.98 Å². The predicted octanol–water partition coefficient (Wildman–Crippen LogP) is 2.94. The van der Waals surface area contributed by atoms with E-state index in [1.165, 1.54) is 24.2 Å². The highest BCUT2D eigenvalue weighted by Crippen LogP contribution is 2.32. The second kappa shape index (κ2) is 6.29. The van der Waals surface area contributed by atoms with Crippen LogP contribution in [-0.4, -0.2) is 17.4 Å². The van der Waals surface area contributed by atoms with E-state index in [1.54, 1.807) is 0 Å². The van der Waals surface area contributed by atoms with Crippen LogP contribution in [0.15, 0.2) is 5.38 Å². The Labute approximate surface area is 112 Å². The van der Waals surface area contributed by atoms with Crippen LogP contribution >= 0.6 is 11.3 Å². The maximum absolute atomic E-state index is 11.7. The summed E-state index contributed by atoms with van der Waals surface area (Å²) in [6, 6.07) is 0.246. The average Bonchev–Trinajstić information content (AvgIpc) is 3.02. The topological polar surface area (TPSA) is 54.0 Å². The van der Waals surface area contributed by atoms with Gasteiger partial charge in [0, 0.05) is 17.8 Å². The van der Waals surface area contributed by atoms with Crippen molar-refractivity contribution in [2.24, 2.45) is 5.92 Å². The van der Waals surface area contributed by atoms with E-state index in [2.05, 4.69) is 29.5 Å². The Kier molecular flexibility index (Phi) is 4.72. The summed E-state index contributed by atoms with van der Waals surface area (Å²) in [5, 5.41) is 9.01. The Morgan fingerprint density at radius 3 is 3.06 bits per heavy atom. The number of hydrogen-bond donors (Lipinski definition) is 2. The molecule has 1 aromatic heterocycles. The molecule has 2 N–H and O–H groups in total. The molecular formula is C13H21N3OS. The van der Waals surface area contributed by atoms with E-state index < -0.39 is 0 Å². The van der Waals surface area contributed by atoms with Crippen molar-refractivity contribution < 1.29 is 4.79 Å². The minimum atomic E-state index is 0.104. The highest BCUT2D eigenvalue weighted by Gasteiger charge is 2.24. The third-order valence-electron chi connectivity index (χ3n) is 3.08. The standard InChI is InChI=1S/C13H21N3OS/c1-3-6-14-9(2)11-8-18-13(15-11)16-12(17)7-10-4-5-10/h8-10,14H,3-7H2,1-2H3,(H,15,16,17). The molecule has 1 amide bonds. The van der Waals surface area contributed by atoms with Gasteiger partial charge in [-0.15, -0.1) is 11.3 Å². The Balaban J connectivity index is 1.82. The fourth-order valence-corrected chi connectivity index (χ4v) is 2.58. The first-order valence-electron chi connectivity index (χ1n) is 6.67. The molecule has 18 heavy (non-hydrogen) atoms. The maximum atomic E-state index is 11.7. The van der Waals surface area contributed by atoms with Crippen LogP contribution in [0.3, 0.4) is 0 Å². The van der Waals surface area contributed by atoms with Crippen LogP contribution in [0.5, 0.6) is 0 Å². The lowest BCUT2D eigenvalue weighted by molar-refractivity contribution is -0.116. The van der Waals surface area contributed by atoms with E-state index in [4.69, 9.17) is 0 Å². The van der Waals surface area contributed by atoms with E-state index in [-0.39, 0.29) is 11.9 Å². The van der Waals surface area contributed by atoms with E-state index in [1.807, 2.05) is 5.38 Å². The monoisotopic (exact) mass is 267 g/mol. The summed E-state index contributed by atoms with van der Waals surface area (Å²) in [5.41, 5.74) is 1.01. The SMILES string of the molecule is CCCNC(C)c1csc(NC(=O)CC2CC2)n1. The lowest BCUT2D eigenvalue weighted by atomic mass is 10.2. The number of amides is 1. The van der Waals surface area contributed by atoms with Crippen molar-refractivity contribution in [3.05, 3.63) is 11.1 Å². The van der Waals surface area contributed by atoms with Crippen LogP contribution in [0, 0.1) is 5.92 Å². The number of carbonyl (C=O) groups excluding carboxylic acids is 1. The summed E-state index contributed by atoms with van der Waals surface area (Å²) in [7, 11) is 0. The van der Waals surface area contributed by atoms with Gasteiger partial charge in [-0.05, 0) is 38.6 Å². The van der Waals surface area contributed by atoms with Gasteiger partial charge in [-0.3, -0.25) is 4.79 Å². The smallest absolute Gasteiger partial charge is 0.226 e. The second-order valence-corrected chi connectivity index (χ2v) is 5.81. The molecule has 0 spiro atoms. The molecule has 0 aromatic carbocycles. The highest BCUT2D eigenvalue weighted by molar-refractivity contribution is 7.13. The van der Waals surface area contributed by atoms with Crippen molar-refractivity contribution >= 4 is 22.4 Å². The zero-order chi connectivity index (χ0) is 13.0. The van der Waals surface area contributed by atoms with Crippen LogP contribution in [0.2, 0.25) is 0 Å². The Bertz CT molecular complexity index is 401. The van der Waals surface area contributed by atoms with Crippen molar-refractivity contribution in [3.63, 3.8) is 0 Å². The summed E-state index contributed by atoms with van der Waals surface area (Å²) in [5.74, 6) is 0.724. The maximum Gasteiger partial charge on any atom is 0.226 e. The van der Waals surface area contributed by atoms with E-state index >= 15 is 0 Å². The molecule has 1 heterocycles. The molecule has 2 rings (SSSR count). The van der Waals surface area contributed by atoms with Gasteiger partial charge in [0.2, 0.25) is 5.91 Å². The molecule has 0 bridgehead atoms. The number of thiazole rings is 1. The lowest BCUT2D eigenvalue weighted by Crippen LogP contribution is -2.19. The van der Waals surface area contributed by atoms with Gasteiger partial charge in [-0.2, -0.15) is 0 Å². The molecule has 4 nitrogen and oxygen atoms in total. The van der Waals surface area contributed by atoms with Gasteiger partial charge in [0.05, 0.1) is 5.69 Å². The summed E-state index contributed by atoms with van der Waals surface area (Å²) in [6.45, 7) is 5.23. The average molecular weight is 267 g/mol. The number of nitrogens with one attached hydrogen (secondary N) is 2. The predicted molar refractivity (Wildman–Crippen MR) is 74.8 cm³/mol. The normalized spacial score (nSPS) is 16.6. The summed E-state index contributed by atoms with van der Waals surface area (Å²) in [6.07, 6.45) is 4.17. The van der Waals surface area contributed by atoms with Crippen molar-refractivity contribution in [2.45, 2.75) is 45.6 Å². The van der Waals surface area contributed by atoms with Crippen molar-refractivity contribution in [2.75, 3.05) is 11.9 Å². The van der Waals surface area contributed by atoms with Gasteiger partial charge in [-0.1, -0.05) is 6.92 Å². The summed E-state index contributed by atoms with van der Waals surface area (Å²) >= 11 is 1.50. The first-order chi connectivity index (χ1) is 8.69. The van der Waals surface area contributed by atoms with Crippen molar-refractivity contribution in [3.8, 4) is 0 Å². The van der Waals surface area contributed by atoms with Gasteiger partial charge < -0.3 is 10.6 Å². The van der Waals surface area contributed by atoms with E-state index in [0.717, 1.165) is 23.8 Å². The van der Waals surface area contributed by atoms with E-state index in [0.29, 0.717) is 12.3 Å². The number of carbonyl (C=O) groups is 1. The van der Waals surface area contributed by atoms with Gasteiger partial charge in [0.15, 0.2) is 5.13 Å². The molecule has 1 aromatic rings. The van der Waals surface area contributed by atoms with Gasteiger partial charge in [0.25, 0.3) is 0 Å². The molecular weight excluding hydrogens is 246 g/mol. The van der Waals surface area contributed by atoms with Crippen molar-refractivity contribution in [1.82, 2.24) is 10.3 Å². The molecule has 0 radical (unpaired) electrons. The largest absolute Gasteiger partial charge is 0.309 e. The molecule has 1 fully saturated rings. The third-order valence-corrected chi connectivity index (χ3v) is 3.86. The number of rotatable bonds is 7. The van der Waals surface area contributed by atoms with Crippen LogP contribution in [-0.2, 0) is 4.79 Å². The number of hydrogen-bond acceptors (Lipinski definition) is 4. The number of nitrogens with zero attached hydrogens (tertiary/aromatic N) is 1. The number of anilines is 1. The first kappa shape index (κ1) is 13.5. The molecule has 1 atom stereocenters. The molecule has 1 aliphatic rings. The molecule has 1 unspecified atom stereocenters. The first-order valence-corrected chi connectivity index (χ1v) is 7.55. The molecule has 1 aliphatic carbocycles. The fourth-order valence-electron chi connectivity index (χ4n) is 1.76. The molecule has 1 saturated carbocycles. The Morgan fingerprint density at radius 1 is 1.61 bits per heavy atom. The third kappa shape index (κ3) is 4.07. The molecule has 100 valence electrons. The van der Waals surface area contributed by atoms with Gasteiger partial charge in [0.1, 0.15) is 0 Å². The quantitative estimate of drug-likeness (QED) is 0.798. The van der Waals surface area contributed by atoms with Crippen LogP contribution in [0.1, 0.15) is 51.3 Å². The zero-order valence-electron chi connectivity index (χ0n) is 11.0. The number of aromatic nitrogens is 1. The minimum absolute atomic E-state index is 0.104. The van der Waals surface area contributed by atoms with Crippen LogP contribution in [0.25, 0.3) is 0 Å². The minimum Gasteiger partial charge on any atom is -0.309 e. The second-order valence-electron chi connectivity index (χ2n) is 4.95. The summed E-state index contributed by atoms with van der Waals surface area (Å²) < 4.78 is 0. The van der Waals surface area contributed by atoms with Gasteiger partial charge >= 0.3 is 0 Å². The molecule has 0 saturated heterocycles. The Hall–Kier alpha value is -0.940. The zero-order valence-corrected chi connectivity index (χ0v) is 11.8. The van der Waals surface area contributed by atoms with Crippen LogP contribution in [0.4, 0.5) is 5.13 Å². The Morgan fingerprint density at radius 2 is 2.39 bits per heavy atom. The lowest BCUT2D eigenvalue weighted by Gasteiger charge is -2.09. The van der Waals surface area contributed by atoms with E-state index in [9.17, 15) is 4.79 Å². The fraction of sp³-hybridized carbons (Fsp3) is 0.692. The van der Waals surface area contributed by atoms with Crippen molar-refractivity contribution in [1.29, 1.82) is 0 Å². The molecule has 0 aliphatic heterocycles. The van der Waals surface area contributed by atoms with Crippen LogP contribution < -0.4 is 10.6 Å². The molecule has 5 heteroatoms. The highest BCUT2D eigenvalue weighted by atomic mass is 32.1. The summed E-state index contributed by atoms with van der Waals surface area (Å²) in [4.78, 5) is 16.1.